The van der Waals surface area contributed by atoms with Crippen LogP contribution >= 0.6 is 0 Å². The third-order valence-electron chi connectivity index (χ3n) is 4.10. The van der Waals surface area contributed by atoms with E-state index in [4.69, 9.17) is 4.74 Å². The van der Waals surface area contributed by atoms with Crippen molar-refractivity contribution in [3.05, 3.63) is 71.8 Å². The van der Waals surface area contributed by atoms with Crippen molar-refractivity contribution in [3.8, 4) is 0 Å². The van der Waals surface area contributed by atoms with Gasteiger partial charge in [-0.15, -0.1) is 0 Å². The zero-order chi connectivity index (χ0) is 17.6. The van der Waals surface area contributed by atoms with Crippen LogP contribution in [-0.2, 0) is 9.53 Å². The fourth-order valence-electron chi connectivity index (χ4n) is 2.78. The summed E-state index contributed by atoms with van der Waals surface area (Å²) in [6.07, 6.45) is 0.0734. The van der Waals surface area contributed by atoms with E-state index in [1.807, 2.05) is 12.1 Å². The maximum absolute atomic E-state index is 13.1. The van der Waals surface area contributed by atoms with Crippen molar-refractivity contribution >= 4 is 11.8 Å². The highest BCUT2D eigenvalue weighted by Crippen LogP contribution is 2.35. The van der Waals surface area contributed by atoms with Crippen LogP contribution in [-0.4, -0.2) is 29.1 Å². The van der Waals surface area contributed by atoms with E-state index in [2.05, 4.69) is 0 Å². The Bertz CT molecular complexity index is 681. The number of rotatable bonds is 7. The number of benzene rings is 2. The van der Waals surface area contributed by atoms with Gasteiger partial charge in [-0.05, 0) is 18.9 Å². The van der Waals surface area contributed by atoms with Gasteiger partial charge in [-0.25, -0.2) is 4.79 Å². The average molecular weight is 326 g/mol. The molecule has 0 spiro atoms. The van der Waals surface area contributed by atoms with E-state index < -0.39 is 17.5 Å². The van der Waals surface area contributed by atoms with Crippen LogP contribution < -0.4 is 0 Å². The van der Waals surface area contributed by atoms with Crippen molar-refractivity contribution in [1.29, 1.82) is 0 Å². The fraction of sp³-hybridized carbons (Fsp3) is 0.300. The molecule has 0 heterocycles. The first-order chi connectivity index (χ1) is 11.5. The molecule has 0 amide bonds. The van der Waals surface area contributed by atoms with Crippen LogP contribution in [0.4, 0.5) is 0 Å². The lowest BCUT2D eigenvalue weighted by Gasteiger charge is -2.32. The molecule has 4 nitrogen and oxygen atoms in total. The quantitative estimate of drug-likeness (QED) is 0.626. The van der Waals surface area contributed by atoms with Gasteiger partial charge in [-0.3, -0.25) is 4.79 Å². The summed E-state index contributed by atoms with van der Waals surface area (Å²) in [6.45, 7) is 3.48. The minimum absolute atomic E-state index is 0.0734. The first kappa shape index (κ1) is 17.9. The summed E-state index contributed by atoms with van der Waals surface area (Å²) in [6, 6.07) is 17.5. The van der Waals surface area contributed by atoms with Gasteiger partial charge >= 0.3 is 5.97 Å². The maximum Gasteiger partial charge on any atom is 0.339 e. The Balaban J connectivity index is 2.54. The topological polar surface area (TPSA) is 63.6 Å². The van der Waals surface area contributed by atoms with Crippen LogP contribution in [0.1, 0.15) is 42.1 Å². The number of esters is 1. The van der Waals surface area contributed by atoms with Crippen molar-refractivity contribution in [1.82, 2.24) is 0 Å². The first-order valence-corrected chi connectivity index (χ1v) is 8.08. The van der Waals surface area contributed by atoms with Gasteiger partial charge in [0.15, 0.2) is 11.4 Å². The molecule has 0 fully saturated rings. The second kappa shape index (κ2) is 7.88. The third kappa shape index (κ3) is 3.54. The van der Waals surface area contributed by atoms with Crippen LogP contribution in [0.5, 0.6) is 0 Å². The lowest BCUT2D eigenvalue weighted by Crippen LogP contribution is -2.48. The van der Waals surface area contributed by atoms with Crippen molar-refractivity contribution < 1.29 is 19.4 Å². The van der Waals surface area contributed by atoms with Gasteiger partial charge in [0.05, 0.1) is 12.5 Å². The van der Waals surface area contributed by atoms with E-state index in [0.29, 0.717) is 11.1 Å². The number of ether oxygens (including phenoxy) is 1. The van der Waals surface area contributed by atoms with Crippen molar-refractivity contribution in [3.63, 3.8) is 0 Å². The molecule has 2 atom stereocenters. The predicted molar refractivity (Wildman–Crippen MR) is 91.8 cm³/mol. The van der Waals surface area contributed by atoms with Gasteiger partial charge in [0.1, 0.15) is 0 Å². The largest absolute Gasteiger partial charge is 0.464 e. The molecule has 0 saturated carbocycles. The average Bonchev–Trinajstić information content (AvgIpc) is 2.63. The van der Waals surface area contributed by atoms with E-state index in [1.54, 1.807) is 62.4 Å². The molecule has 0 saturated heterocycles. The van der Waals surface area contributed by atoms with Crippen LogP contribution in [0.2, 0.25) is 0 Å². The maximum atomic E-state index is 13.1. The highest BCUT2D eigenvalue weighted by Gasteiger charge is 2.48. The molecule has 4 heteroatoms. The first-order valence-electron chi connectivity index (χ1n) is 8.08. The SMILES string of the molecule is CCOC(=O)C(O)(CC)C(C(=O)c1ccccc1)c1ccccc1. The van der Waals surface area contributed by atoms with E-state index in [9.17, 15) is 14.7 Å². The Labute approximate surface area is 142 Å². The predicted octanol–water partition coefficient (Wildman–Crippen LogP) is 3.36. The highest BCUT2D eigenvalue weighted by atomic mass is 16.5. The summed E-state index contributed by atoms with van der Waals surface area (Å²) < 4.78 is 5.05. The van der Waals surface area contributed by atoms with Crippen LogP contribution in [0.25, 0.3) is 0 Å². The number of hydrogen-bond donors (Lipinski definition) is 1. The Morgan fingerprint density at radius 1 is 1.00 bits per heavy atom. The molecule has 24 heavy (non-hydrogen) atoms. The minimum atomic E-state index is -1.91. The summed E-state index contributed by atoms with van der Waals surface area (Å²) in [5, 5.41) is 11.1. The van der Waals surface area contributed by atoms with Crippen molar-refractivity contribution in [2.75, 3.05) is 6.61 Å². The lowest BCUT2D eigenvalue weighted by molar-refractivity contribution is -0.166. The van der Waals surface area contributed by atoms with E-state index in [1.165, 1.54) is 0 Å². The van der Waals surface area contributed by atoms with Crippen molar-refractivity contribution in [2.45, 2.75) is 31.8 Å². The summed E-state index contributed by atoms with van der Waals surface area (Å²) >= 11 is 0. The summed E-state index contributed by atoms with van der Waals surface area (Å²) in [7, 11) is 0. The Hall–Kier alpha value is -2.46. The number of hydrogen-bond acceptors (Lipinski definition) is 4. The molecule has 0 aliphatic rings. The monoisotopic (exact) mass is 326 g/mol. The molecule has 0 bridgehead atoms. The molecule has 1 N–H and O–H groups in total. The van der Waals surface area contributed by atoms with Gasteiger partial charge in [0.2, 0.25) is 0 Å². The summed E-state index contributed by atoms with van der Waals surface area (Å²) in [5.41, 5.74) is -0.879. The Morgan fingerprint density at radius 3 is 2.04 bits per heavy atom. The van der Waals surface area contributed by atoms with Crippen LogP contribution in [0.15, 0.2) is 60.7 Å². The zero-order valence-corrected chi connectivity index (χ0v) is 13.9. The number of ketones is 1. The molecule has 126 valence electrons. The van der Waals surface area contributed by atoms with E-state index >= 15 is 0 Å². The van der Waals surface area contributed by atoms with Gasteiger partial charge in [-0.2, -0.15) is 0 Å². The normalized spacial score (nSPS) is 14.5. The van der Waals surface area contributed by atoms with Crippen molar-refractivity contribution in [2.24, 2.45) is 0 Å². The highest BCUT2D eigenvalue weighted by molar-refractivity contribution is 6.05. The Kier molecular flexibility index (Phi) is 5.88. The zero-order valence-electron chi connectivity index (χ0n) is 13.9. The molecule has 0 aliphatic carbocycles. The minimum Gasteiger partial charge on any atom is -0.464 e. The third-order valence-corrected chi connectivity index (χ3v) is 4.10. The van der Waals surface area contributed by atoms with Gasteiger partial charge < -0.3 is 9.84 Å². The molecule has 0 radical (unpaired) electrons. The number of aliphatic hydroxyl groups is 1. The van der Waals surface area contributed by atoms with Gasteiger partial charge in [-0.1, -0.05) is 67.6 Å². The lowest BCUT2D eigenvalue weighted by atomic mass is 9.75. The van der Waals surface area contributed by atoms with E-state index in [-0.39, 0.29) is 18.8 Å². The summed E-state index contributed by atoms with van der Waals surface area (Å²) in [4.78, 5) is 25.5. The standard InChI is InChI=1S/C20H22O4/c1-3-20(23,19(22)24-4-2)17(15-11-7-5-8-12-15)18(21)16-13-9-6-10-14-16/h5-14,17,23H,3-4H2,1-2H3. The number of carbonyl (C=O) groups excluding carboxylic acids is 2. The van der Waals surface area contributed by atoms with Crippen LogP contribution in [0.3, 0.4) is 0 Å². The molecule has 0 aliphatic heterocycles. The number of carbonyl (C=O) groups is 2. The fourth-order valence-corrected chi connectivity index (χ4v) is 2.78. The molecular formula is C20H22O4. The molecule has 0 aromatic heterocycles. The number of Topliss-reactive ketones (excluding diaryl/α,β-unsaturated/α-hetero) is 1. The molecular weight excluding hydrogens is 304 g/mol. The molecule has 2 aromatic rings. The van der Waals surface area contributed by atoms with E-state index in [0.717, 1.165) is 0 Å². The van der Waals surface area contributed by atoms with Crippen LogP contribution in [0, 0.1) is 0 Å². The second-order valence-electron chi connectivity index (χ2n) is 5.57. The molecule has 2 unspecified atom stereocenters. The smallest absolute Gasteiger partial charge is 0.339 e. The second-order valence-corrected chi connectivity index (χ2v) is 5.57. The molecule has 2 aromatic carbocycles. The summed E-state index contributed by atoms with van der Waals surface area (Å²) in [5.74, 6) is -2.10. The Morgan fingerprint density at radius 2 is 1.54 bits per heavy atom. The van der Waals surface area contributed by atoms with Gasteiger partial charge in [0, 0.05) is 5.56 Å². The van der Waals surface area contributed by atoms with Gasteiger partial charge in [0.25, 0.3) is 0 Å². The molecule has 2 rings (SSSR count).